The molecule has 0 spiro atoms. The maximum Gasteiger partial charge on any atom is 0.310 e. The number of carbonyl (C=O) groups is 2. The first-order chi connectivity index (χ1) is 7.92. The summed E-state index contributed by atoms with van der Waals surface area (Å²) in [5.74, 6) is -1.98. The number of hydrogen-bond donors (Lipinski definition) is 2. The van der Waals surface area contributed by atoms with Gasteiger partial charge in [-0.3, -0.25) is 9.59 Å². The van der Waals surface area contributed by atoms with Crippen LogP contribution in [0.4, 0.5) is 0 Å². The summed E-state index contributed by atoms with van der Waals surface area (Å²) < 4.78 is 25.3. The summed E-state index contributed by atoms with van der Waals surface area (Å²) in [4.78, 5) is 21.3. The van der Waals surface area contributed by atoms with E-state index >= 15 is 0 Å². The van der Waals surface area contributed by atoms with E-state index in [9.17, 15) is 18.0 Å². The quantitative estimate of drug-likeness (QED) is 0.699. The van der Waals surface area contributed by atoms with Gasteiger partial charge in [0.1, 0.15) is 6.42 Å². The molecule has 7 heteroatoms. The van der Waals surface area contributed by atoms with E-state index in [1.54, 1.807) is 18.2 Å². The van der Waals surface area contributed by atoms with E-state index in [1.165, 1.54) is 12.1 Å². The molecule has 6 nitrogen and oxygen atoms in total. The number of benzene rings is 1. The molecule has 0 aliphatic carbocycles. The summed E-state index contributed by atoms with van der Waals surface area (Å²) in [5.41, 5.74) is 0. The lowest BCUT2D eigenvalue weighted by Crippen LogP contribution is -2.30. The van der Waals surface area contributed by atoms with Gasteiger partial charge in [-0.2, -0.15) is 0 Å². The molecule has 0 amide bonds. The van der Waals surface area contributed by atoms with Gasteiger partial charge in [0, 0.05) is 0 Å². The van der Waals surface area contributed by atoms with Gasteiger partial charge in [-0.15, -0.1) is 0 Å². The van der Waals surface area contributed by atoms with Crippen LogP contribution in [-0.4, -0.2) is 31.8 Å². The van der Waals surface area contributed by atoms with E-state index in [1.807, 2.05) is 4.72 Å². The fourth-order valence-electron chi connectivity index (χ4n) is 1.09. The first-order valence-electron chi connectivity index (χ1n) is 4.70. The summed E-state index contributed by atoms with van der Waals surface area (Å²) in [5, 5.41) is 8.33. The minimum absolute atomic E-state index is 0.0307. The molecule has 0 unspecified atom stereocenters. The Hall–Kier alpha value is -1.73. The number of rotatable bonds is 6. The van der Waals surface area contributed by atoms with Crippen LogP contribution >= 0.6 is 0 Å². The van der Waals surface area contributed by atoms with Crippen molar-refractivity contribution in [1.29, 1.82) is 0 Å². The average molecular weight is 257 g/mol. The number of sulfonamides is 1. The maximum absolute atomic E-state index is 11.6. The molecule has 0 aliphatic rings. The Morgan fingerprint density at radius 2 is 1.76 bits per heavy atom. The molecule has 0 fully saturated rings. The molecule has 17 heavy (non-hydrogen) atoms. The minimum atomic E-state index is -3.75. The highest BCUT2D eigenvalue weighted by atomic mass is 32.2. The van der Waals surface area contributed by atoms with Crippen LogP contribution in [0.5, 0.6) is 0 Å². The zero-order valence-corrected chi connectivity index (χ0v) is 9.61. The van der Waals surface area contributed by atoms with E-state index in [-0.39, 0.29) is 4.90 Å². The third-order valence-corrected chi connectivity index (χ3v) is 3.28. The van der Waals surface area contributed by atoms with Crippen molar-refractivity contribution in [3.05, 3.63) is 30.3 Å². The standard InChI is InChI=1S/C10H11NO5S/c12-8(6-10(13)14)7-11-17(15,16)9-4-2-1-3-5-9/h1-5,11H,6-7H2,(H,13,14). The molecule has 0 radical (unpaired) electrons. The van der Waals surface area contributed by atoms with Crippen LogP contribution < -0.4 is 4.72 Å². The average Bonchev–Trinajstić information content (AvgIpc) is 2.27. The Morgan fingerprint density at radius 3 is 2.29 bits per heavy atom. The molecular weight excluding hydrogens is 246 g/mol. The normalized spacial score (nSPS) is 11.1. The zero-order valence-electron chi connectivity index (χ0n) is 8.79. The van der Waals surface area contributed by atoms with Crippen molar-refractivity contribution in [1.82, 2.24) is 4.72 Å². The summed E-state index contributed by atoms with van der Waals surface area (Å²) in [6.07, 6.45) is -0.697. The summed E-state index contributed by atoms with van der Waals surface area (Å²) in [6.45, 7) is -0.524. The predicted octanol–water partition coefficient (Wildman–Crippen LogP) is 0.00870. The van der Waals surface area contributed by atoms with E-state index in [4.69, 9.17) is 5.11 Å². The molecule has 0 aliphatic heterocycles. The zero-order chi connectivity index (χ0) is 12.9. The number of carboxylic acids is 1. The number of Topliss-reactive ketones (excluding diaryl/α,β-unsaturated/α-hetero) is 1. The smallest absolute Gasteiger partial charge is 0.310 e. The number of aliphatic carboxylic acids is 1. The second-order valence-electron chi connectivity index (χ2n) is 3.25. The topological polar surface area (TPSA) is 101 Å². The fraction of sp³-hybridized carbons (Fsp3) is 0.200. The van der Waals surface area contributed by atoms with Crippen molar-refractivity contribution < 1.29 is 23.1 Å². The number of ketones is 1. The van der Waals surface area contributed by atoms with E-state index in [2.05, 4.69) is 0 Å². The lowest BCUT2D eigenvalue weighted by Gasteiger charge is -2.04. The number of carbonyl (C=O) groups excluding carboxylic acids is 1. The molecule has 1 aromatic carbocycles. The van der Waals surface area contributed by atoms with Gasteiger partial charge in [-0.05, 0) is 12.1 Å². The summed E-state index contributed by atoms with van der Waals surface area (Å²) >= 11 is 0. The van der Waals surface area contributed by atoms with Gasteiger partial charge in [0.15, 0.2) is 5.78 Å². The lowest BCUT2D eigenvalue weighted by molar-refractivity contribution is -0.139. The van der Waals surface area contributed by atoms with Gasteiger partial charge >= 0.3 is 5.97 Å². The minimum Gasteiger partial charge on any atom is -0.481 e. The van der Waals surface area contributed by atoms with Crippen LogP contribution in [0, 0.1) is 0 Å². The number of hydrogen-bond acceptors (Lipinski definition) is 4. The Kier molecular flexibility index (Phi) is 4.36. The Balaban J connectivity index is 2.63. The van der Waals surface area contributed by atoms with E-state index in [0.717, 1.165) is 0 Å². The molecular formula is C10H11NO5S. The van der Waals surface area contributed by atoms with Crippen molar-refractivity contribution >= 4 is 21.8 Å². The van der Waals surface area contributed by atoms with Crippen LogP contribution in [-0.2, 0) is 19.6 Å². The molecule has 2 N–H and O–H groups in total. The Bertz CT molecular complexity index is 509. The van der Waals surface area contributed by atoms with Gasteiger partial charge in [0.25, 0.3) is 0 Å². The monoisotopic (exact) mass is 257 g/mol. The van der Waals surface area contributed by atoms with Gasteiger partial charge in [-0.1, -0.05) is 18.2 Å². The SMILES string of the molecule is O=C(O)CC(=O)CNS(=O)(=O)c1ccccc1. The Morgan fingerprint density at radius 1 is 1.18 bits per heavy atom. The fourth-order valence-corrected chi connectivity index (χ4v) is 2.12. The van der Waals surface area contributed by atoms with Crippen LogP contribution in [0.2, 0.25) is 0 Å². The van der Waals surface area contributed by atoms with E-state index in [0.29, 0.717) is 0 Å². The largest absolute Gasteiger partial charge is 0.481 e. The molecule has 1 rings (SSSR count). The van der Waals surface area contributed by atoms with Crippen molar-refractivity contribution in [3.63, 3.8) is 0 Å². The summed E-state index contributed by atoms with van der Waals surface area (Å²) in [7, 11) is -3.75. The van der Waals surface area contributed by atoms with Crippen LogP contribution in [0.3, 0.4) is 0 Å². The second-order valence-corrected chi connectivity index (χ2v) is 5.01. The van der Waals surface area contributed by atoms with Gasteiger partial charge < -0.3 is 5.11 Å². The first-order valence-corrected chi connectivity index (χ1v) is 6.18. The lowest BCUT2D eigenvalue weighted by atomic mass is 10.3. The van der Waals surface area contributed by atoms with Crippen LogP contribution in [0.25, 0.3) is 0 Å². The molecule has 0 heterocycles. The van der Waals surface area contributed by atoms with E-state index < -0.39 is 34.7 Å². The van der Waals surface area contributed by atoms with Crippen LogP contribution in [0.1, 0.15) is 6.42 Å². The van der Waals surface area contributed by atoms with Crippen molar-refractivity contribution in [2.24, 2.45) is 0 Å². The summed E-state index contributed by atoms with van der Waals surface area (Å²) in [6, 6.07) is 7.52. The highest BCUT2D eigenvalue weighted by Crippen LogP contribution is 2.06. The molecule has 92 valence electrons. The van der Waals surface area contributed by atoms with Gasteiger partial charge in [0.05, 0.1) is 11.4 Å². The highest BCUT2D eigenvalue weighted by molar-refractivity contribution is 7.89. The van der Waals surface area contributed by atoms with Crippen molar-refractivity contribution in [2.75, 3.05) is 6.54 Å². The number of nitrogens with one attached hydrogen (secondary N) is 1. The molecule has 0 aromatic heterocycles. The van der Waals surface area contributed by atoms with Gasteiger partial charge in [-0.25, -0.2) is 13.1 Å². The second kappa shape index (κ2) is 5.55. The number of carboxylic acid groups (broad SMARTS) is 1. The first kappa shape index (κ1) is 13.3. The molecule has 0 saturated heterocycles. The third-order valence-electron chi connectivity index (χ3n) is 1.86. The maximum atomic E-state index is 11.6. The van der Waals surface area contributed by atoms with Crippen LogP contribution in [0.15, 0.2) is 35.2 Å². The molecule has 0 bridgehead atoms. The predicted molar refractivity (Wildman–Crippen MR) is 58.9 cm³/mol. The molecule has 1 aromatic rings. The molecule has 0 atom stereocenters. The van der Waals surface area contributed by atoms with Crippen molar-refractivity contribution in [3.8, 4) is 0 Å². The molecule has 0 saturated carbocycles. The van der Waals surface area contributed by atoms with Crippen molar-refractivity contribution in [2.45, 2.75) is 11.3 Å². The highest BCUT2D eigenvalue weighted by Gasteiger charge is 2.15. The third kappa shape index (κ3) is 4.33. The Labute approximate surface area is 98.3 Å². The van der Waals surface area contributed by atoms with Gasteiger partial charge in [0.2, 0.25) is 10.0 Å².